The van der Waals surface area contributed by atoms with Gasteiger partial charge in [0, 0.05) is 5.92 Å². The summed E-state index contributed by atoms with van der Waals surface area (Å²) in [6.45, 7) is 2.47. The van der Waals surface area contributed by atoms with E-state index in [9.17, 15) is 96.4 Å². The van der Waals surface area contributed by atoms with Crippen molar-refractivity contribution in [3.05, 3.63) is 35.9 Å². The first-order valence-corrected chi connectivity index (χ1v) is 27.6. The topological polar surface area (TPSA) is 501 Å². The highest BCUT2D eigenvalue weighted by Gasteiger charge is 2.61. The molecule has 6 fully saturated rings. The maximum absolute atomic E-state index is 13.5. The molecule has 0 saturated carbocycles. The number of carbonyl (C=O) groups is 2. The second-order valence-corrected chi connectivity index (χ2v) is 23.0. The first-order chi connectivity index (χ1) is 39.7. The number of nitrogens with one attached hydrogen (secondary N) is 1. The zero-order valence-corrected chi connectivity index (χ0v) is 46.6. The molecule has 32 heteroatoms. The molecule has 7 rings (SSSR count). The lowest BCUT2D eigenvalue weighted by atomic mass is 9.80. The number of benzene rings is 1. The van der Waals surface area contributed by atoms with Crippen molar-refractivity contribution < 1.29 is 153 Å². The third kappa shape index (κ3) is 14.9. The molecule has 0 aromatic heterocycles. The number of aliphatic hydroxyl groups is 17. The van der Waals surface area contributed by atoms with E-state index in [4.69, 9.17) is 56.8 Å². The normalized spacial score (nSPS) is 45.7. The Kier molecular flexibility index (Phi) is 23.8. The van der Waals surface area contributed by atoms with Gasteiger partial charge in [0.2, 0.25) is 5.91 Å². The second-order valence-electron chi connectivity index (χ2n) is 23.0. The van der Waals surface area contributed by atoms with Crippen molar-refractivity contribution in [1.82, 2.24) is 5.32 Å². The van der Waals surface area contributed by atoms with Crippen LogP contribution in [0.1, 0.15) is 46.6 Å². The van der Waals surface area contributed by atoms with Gasteiger partial charge < -0.3 is 149 Å². The van der Waals surface area contributed by atoms with Crippen LogP contribution in [0.3, 0.4) is 0 Å². The van der Waals surface area contributed by atoms with Gasteiger partial charge in [-0.3, -0.25) is 9.59 Å². The molecule has 1 aromatic rings. The van der Waals surface area contributed by atoms with Gasteiger partial charge in [-0.1, -0.05) is 58.0 Å². The third-order valence-electron chi connectivity index (χ3n) is 16.0. The molecule has 0 spiro atoms. The van der Waals surface area contributed by atoms with E-state index in [1.165, 1.54) is 13.8 Å². The van der Waals surface area contributed by atoms with Gasteiger partial charge in [-0.2, -0.15) is 0 Å². The Balaban J connectivity index is 1.25. The lowest BCUT2D eigenvalue weighted by molar-refractivity contribution is -0.452. The van der Waals surface area contributed by atoms with Gasteiger partial charge in [0.1, 0.15) is 122 Å². The maximum atomic E-state index is 13.5. The minimum absolute atomic E-state index is 0.239. The zero-order valence-electron chi connectivity index (χ0n) is 46.6. The van der Waals surface area contributed by atoms with Gasteiger partial charge in [-0.05, 0) is 17.9 Å². The molecule has 6 saturated heterocycles. The SMILES string of the molecule is CC1O[C@@H](OC2[C@H](O[C@@H]3C(C)[C@H](O[C@H]4C(CO)O[C@@H](O[C@@H]5C(CO)O[C@@H](C(C)(C)C)C(O)[C@H]5O)C(O)[C@H]4O[C@]4(OC=O)C[C@@H](O)[C@@H](NC(=O)Cc5ccccc5)C([C@H](O)[C@H](O)CO)O4)OC(CO)[C@@H]3O)OC(CO)[C@H](O)[C@@H]2O)C(O)[C@@H](O)[C@@H]1O. The Bertz CT molecular complexity index is 2210. The summed E-state index contributed by atoms with van der Waals surface area (Å²) < 4.78 is 72.0. The van der Waals surface area contributed by atoms with Crippen molar-refractivity contribution in [3.63, 3.8) is 0 Å². The van der Waals surface area contributed by atoms with E-state index in [1.807, 2.05) is 0 Å². The Morgan fingerprint density at radius 3 is 1.77 bits per heavy atom. The van der Waals surface area contributed by atoms with Gasteiger partial charge in [0.25, 0.3) is 6.47 Å². The molecule has 31 atom stereocenters. The number of amides is 1. The van der Waals surface area contributed by atoms with Crippen molar-refractivity contribution in [1.29, 1.82) is 0 Å². The van der Waals surface area contributed by atoms with E-state index in [-0.39, 0.29) is 12.9 Å². The van der Waals surface area contributed by atoms with Crippen LogP contribution < -0.4 is 5.32 Å². The number of hydrogen-bond acceptors (Lipinski definition) is 31. The number of hydrogen-bond donors (Lipinski definition) is 18. The van der Waals surface area contributed by atoms with Gasteiger partial charge in [0.05, 0.1) is 76.3 Å². The van der Waals surface area contributed by atoms with Crippen molar-refractivity contribution in [3.8, 4) is 0 Å². The summed E-state index contributed by atoms with van der Waals surface area (Å²) in [5.74, 6) is -5.18. The molecule has 11 unspecified atom stereocenters. The van der Waals surface area contributed by atoms with Crippen LogP contribution in [0.4, 0.5) is 0 Å². The lowest BCUT2D eigenvalue weighted by Gasteiger charge is -2.53. The molecule has 18 N–H and O–H groups in total. The summed E-state index contributed by atoms with van der Waals surface area (Å²) in [5, 5.41) is 190. The number of rotatable bonds is 22. The molecule has 0 bridgehead atoms. The quantitative estimate of drug-likeness (QED) is 0.0379. The maximum Gasteiger partial charge on any atom is 0.332 e. The molecule has 32 nitrogen and oxygen atoms in total. The molecule has 0 radical (unpaired) electrons. The summed E-state index contributed by atoms with van der Waals surface area (Å²) in [6, 6.07) is 6.58. The summed E-state index contributed by atoms with van der Waals surface area (Å²) in [4.78, 5) is 26.1. The van der Waals surface area contributed by atoms with E-state index in [1.54, 1.807) is 51.1 Å². The zero-order chi connectivity index (χ0) is 61.9. The van der Waals surface area contributed by atoms with Crippen LogP contribution >= 0.6 is 0 Å². The highest BCUT2D eigenvalue weighted by atomic mass is 16.9. The fraction of sp³-hybridized carbons (Fsp3) is 0.846. The number of aliphatic hydroxyl groups excluding tert-OH is 17. The standard InChI is InChI=1S/C52H83NO31/c1-19-40(79-50-45(35(68)32(65)24(14-55)77-50)82-48-38(71)34(67)30(63)20(2)74-48)33(66)25(15-56)76-47(19)81-42-27(17-58)78-49(80-41-26(16-57)75-46(51(3,4)5)37(70)36(41)69)39(72)44(42)84-52(73-18-59)12-22(60)29(43(83-52)31(64)23(61)13-54)53-28(62)11-21-9-7-6-8-10-21/h6-10,18-20,22-27,29-50,54-58,60-61,63-72H,11-17H2,1-5H3,(H,53,62)/t19?,20?,22-,23-,24?,25?,26?,27?,29-,30-,31-,32+,33+,34+,35+,36-,37?,38?,39?,40-,41-,42+,43?,44-,45?,46-,47+,48+,49+,50+,52+/m1/s1. The van der Waals surface area contributed by atoms with Crippen LogP contribution in [0.15, 0.2) is 30.3 Å². The first-order valence-electron chi connectivity index (χ1n) is 27.6. The van der Waals surface area contributed by atoms with E-state index < -0.39 is 240 Å². The van der Waals surface area contributed by atoms with E-state index >= 15 is 0 Å². The van der Waals surface area contributed by atoms with Crippen LogP contribution in [0.2, 0.25) is 0 Å². The number of carbonyl (C=O) groups excluding carboxylic acids is 2. The van der Waals surface area contributed by atoms with Gasteiger partial charge >= 0.3 is 5.97 Å². The van der Waals surface area contributed by atoms with Crippen LogP contribution in [0, 0.1) is 11.3 Å². The Morgan fingerprint density at radius 2 is 1.17 bits per heavy atom. The van der Waals surface area contributed by atoms with Crippen molar-refractivity contribution in [2.24, 2.45) is 11.3 Å². The Labute approximate surface area is 481 Å². The van der Waals surface area contributed by atoms with Crippen molar-refractivity contribution in [2.45, 2.75) is 231 Å². The molecule has 84 heavy (non-hydrogen) atoms. The average Bonchev–Trinajstić information content (AvgIpc) is 1.50. The molecule has 6 heterocycles. The van der Waals surface area contributed by atoms with Gasteiger partial charge in [-0.15, -0.1) is 0 Å². The summed E-state index contributed by atoms with van der Waals surface area (Å²) in [7, 11) is 0. The molecule has 0 aliphatic carbocycles. The number of ether oxygens (including phenoxy) is 12. The van der Waals surface area contributed by atoms with E-state index in [0.29, 0.717) is 5.56 Å². The molecular formula is C52H83NO31. The molecule has 6 aliphatic heterocycles. The molecule has 6 aliphatic rings. The predicted molar refractivity (Wildman–Crippen MR) is 271 cm³/mol. The lowest BCUT2D eigenvalue weighted by Crippen LogP contribution is -2.70. The third-order valence-corrected chi connectivity index (χ3v) is 16.0. The van der Waals surface area contributed by atoms with Crippen molar-refractivity contribution >= 4 is 12.4 Å². The van der Waals surface area contributed by atoms with Gasteiger partial charge in [0.15, 0.2) is 25.2 Å². The Morgan fingerprint density at radius 1 is 0.619 bits per heavy atom. The minimum atomic E-state index is -3.05. The summed E-state index contributed by atoms with van der Waals surface area (Å²) in [6.07, 6.45) is -53.0. The van der Waals surface area contributed by atoms with Crippen LogP contribution in [-0.4, -0.2) is 316 Å². The highest BCUT2D eigenvalue weighted by molar-refractivity contribution is 5.79. The Hall–Kier alpha value is -2.96. The predicted octanol–water partition coefficient (Wildman–Crippen LogP) is -9.08. The average molecular weight is 1220 g/mol. The van der Waals surface area contributed by atoms with Crippen LogP contribution in [-0.2, 0) is 72.9 Å². The molecular weight excluding hydrogens is 1130 g/mol. The molecule has 482 valence electrons. The summed E-state index contributed by atoms with van der Waals surface area (Å²) in [5.41, 5.74) is -0.315. The van der Waals surface area contributed by atoms with Crippen molar-refractivity contribution in [2.75, 3.05) is 33.0 Å². The first kappa shape index (κ1) is 68.5. The molecule has 1 aromatic carbocycles. The minimum Gasteiger partial charge on any atom is -0.410 e. The fourth-order valence-corrected chi connectivity index (χ4v) is 11.2. The largest absolute Gasteiger partial charge is 0.410 e. The van der Waals surface area contributed by atoms with Gasteiger partial charge in [-0.25, -0.2) is 0 Å². The molecule has 1 amide bonds. The fourth-order valence-electron chi connectivity index (χ4n) is 11.2. The second kappa shape index (κ2) is 29.1. The van der Waals surface area contributed by atoms with E-state index in [0.717, 1.165) is 0 Å². The monoisotopic (exact) mass is 1220 g/mol. The summed E-state index contributed by atoms with van der Waals surface area (Å²) >= 11 is 0. The van der Waals surface area contributed by atoms with E-state index in [2.05, 4.69) is 5.32 Å². The smallest absolute Gasteiger partial charge is 0.332 e. The van der Waals surface area contributed by atoms with Crippen LogP contribution in [0.25, 0.3) is 0 Å². The van der Waals surface area contributed by atoms with Crippen LogP contribution in [0.5, 0.6) is 0 Å². The highest BCUT2D eigenvalue weighted by Crippen LogP contribution is 2.43.